The van der Waals surface area contributed by atoms with E-state index in [-0.39, 0.29) is 17.5 Å². The van der Waals surface area contributed by atoms with E-state index in [2.05, 4.69) is 14.9 Å². The van der Waals surface area contributed by atoms with Gasteiger partial charge in [0.25, 0.3) is 0 Å². The first-order chi connectivity index (χ1) is 12.2. The zero-order valence-corrected chi connectivity index (χ0v) is 16.3. The third-order valence-corrected chi connectivity index (χ3v) is 6.06. The number of aromatic nitrogens is 4. The molecule has 1 unspecified atom stereocenters. The summed E-state index contributed by atoms with van der Waals surface area (Å²) in [4.78, 5) is 0.214. The summed E-state index contributed by atoms with van der Waals surface area (Å²) < 4.78 is 37.3. The van der Waals surface area contributed by atoms with Gasteiger partial charge in [-0.15, -0.1) is 0 Å². The predicted molar refractivity (Wildman–Crippen MR) is 96.4 cm³/mol. The van der Waals surface area contributed by atoms with E-state index in [1.807, 2.05) is 26.0 Å². The van der Waals surface area contributed by atoms with Crippen LogP contribution in [-0.2, 0) is 17.1 Å². The molecule has 140 valence electrons. The van der Waals surface area contributed by atoms with Gasteiger partial charge in [0.1, 0.15) is 16.7 Å². The van der Waals surface area contributed by atoms with Crippen molar-refractivity contribution in [1.82, 2.24) is 24.3 Å². The Morgan fingerprint density at radius 3 is 2.46 bits per heavy atom. The van der Waals surface area contributed by atoms with Crippen LogP contribution in [0.5, 0.6) is 0 Å². The second-order valence-electron chi connectivity index (χ2n) is 6.38. The summed E-state index contributed by atoms with van der Waals surface area (Å²) in [6.07, 6.45) is 1.57. The van der Waals surface area contributed by atoms with Gasteiger partial charge in [-0.1, -0.05) is 0 Å². The molecule has 3 rings (SSSR count). The summed E-state index contributed by atoms with van der Waals surface area (Å²) in [6, 6.07) is 5.15. The zero-order valence-electron chi connectivity index (χ0n) is 15.5. The van der Waals surface area contributed by atoms with Crippen LogP contribution in [0.25, 0.3) is 0 Å². The van der Waals surface area contributed by atoms with E-state index in [4.69, 9.17) is 4.42 Å². The number of hydrogen-bond donors (Lipinski definition) is 1. The van der Waals surface area contributed by atoms with Gasteiger partial charge in [0.15, 0.2) is 0 Å². The number of nitrogens with one attached hydrogen (secondary N) is 1. The lowest BCUT2D eigenvalue weighted by atomic mass is 10.2. The van der Waals surface area contributed by atoms with E-state index in [1.54, 1.807) is 42.6 Å². The molecular formula is C17H23N5O3S. The number of nitrogens with zero attached hydrogens (tertiary/aromatic N) is 4. The maximum Gasteiger partial charge on any atom is 0.244 e. The van der Waals surface area contributed by atoms with E-state index < -0.39 is 10.0 Å². The SMILES string of the molecule is Cc1cc(C)n(C(CNS(=O)(=O)c2c(C)nn(C)c2C)c2ccco2)n1. The summed E-state index contributed by atoms with van der Waals surface area (Å²) in [5.41, 5.74) is 2.85. The van der Waals surface area contributed by atoms with Crippen molar-refractivity contribution < 1.29 is 12.8 Å². The molecule has 3 aromatic rings. The predicted octanol–water partition coefficient (Wildman–Crippen LogP) is 2.01. The molecule has 0 radical (unpaired) electrons. The average Bonchev–Trinajstić information content (AvgIpc) is 3.23. The smallest absolute Gasteiger partial charge is 0.244 e. The third kappa shape index (κ3) is 3.32. The van der Waals surface area contributed by atoms with Crippen LogP contribution >= 0.6 is 0 Å². The van der Waals surface area contributed by atoms with Crippen molar-refractivity contribution in [3.63, 3.8) is 0 Å². The third-order valence-electron chi connectivity index (χ3n) is 4.39. The number of furan rings is 1. The highest BCUT2D eigenvalue weighted by Crippen LogP contribution is 2.23. The van der Waals surface area contributed by atoms with Crippen LogP contribution < -0.4 is 4.72 Å². The highest BCUT2D eigenvalue weighted by molar-refractivity contribution is 7.89. The maximum absolute atomic E-state index is 12.9. The Labute approximate surface area is 152 Å². The van der Waals surface area contributed by atoms with E-state index >= 15 is 0 Å². The molecule has 26 heavy (non-hydrogen) atoms. The molecule has 0 aromatic carbocycles. The molecule has 3 heterocycles. The molecule has 0 fully saturated rings. The normalized spacial score (nSPS) is 13.3. The standard InChI is InChI=1S/C17H23N5O3S/c1-11-9-12(2)22(19-11)15(16-7-6-8-25-16)10-18-26(23,24)17-13(3)20-21(5)14(17)4/h6-9,15,18H,10H2,1-5H3. The van der Waals surface area contributed by atoms with Gasteiger partial charge in [-0.25, -0.2) is 13.1 Å². The van der Waals surface area contributed by atoms with Crippen molar-refractivity contribution in [2.45, 2.75) is 38.6 Å². The van der Waals surface area contributed by atoms with E-state index in [0.717, 1.165) is 11.4 Å². The molecule has 0 amide bonds. The summed E-state index contributed by atoms with van der Waals surface area (Å²) in [7, 11) is -1.99. The Morgan fingerprint density at radius 1 is 1.23 bits per heavy atom. The molecule has 0 aliphatic heterocycles. The first kappa shape index (κ1) is 18.4. The van der Waals surface area contributed by atoms with Gasteiger partial charge >= 0.3 is 0 Å². The molecule has 9 heteroatoms. The van der Waals surface area contributed by atoms with Gasteiger partial charge in [0.05, 0.1) is 23.3 Å². The molecule has 0 bridgehead atoms. The number of sulfonamides is 1. The highest BCUT2D eigenvalue weighted by Gasteiger charge is 2.27. The molecule has 0 saturated heterocycles. The number of rotatable bonds is 6. The summed E-state index contributed by atoms with van der Waals surface area (Å²) in [5.74, 6) is 0.638. The minimum absolute atomic E-state index is 0.117. The molecule has 3 aromatic heterocycles. The molecule has 1 atom stereocenters. The van der Waals surface area contributed by atoms with Gasteiger partial charge in [-0.05, 0) is 45.9 Å². The number of hydrogen-bond acceptors (Lipinski definition) is 5. The van der Waals surface area contributed by atoms with Crippen molar-refractivity contribution in [2.24, 2.45) is 7.05 Å². The Hall–Kier alpha value is -2.39. The second kappa shape index (κ2) is 6.73. The van der Waals surface area contributed by atoms with Gasteiger partial charge in [-0.2, -0.15) is 10.2 Å². The van der Waals surface area contributed by atoms with Crippen LogP contribution in [0.15, 0.2) is 33.8 Å². The number of aryl methyl sites for hydroxylation is 4. The fourth-order valence-corrected chi connectivity index (χ4v) is 4.63. The second-order valence-corrected chi connectivity index (χ2v) is 8.08. The van der Waals surface area contributed by atoms with Crippen molar-refractivity contribution >= 4 is 10.0 Å². The van der Waals surface area contributed by atoms with Gasteiger partial charge < -0.3 is 4.42 Å². The average molecular weight is 377 g/mol. The summed E-state index contributed by atoms with van der Waals surface area (Å²) >= 11 is 0. The topological polar surface area (TPSA) is 95.0 Å². The molecule has 0 aliphatic carbocycles. The van der Waals surface area contributed by atoms with Crippen LogP contribution in [-0.4, -0.2) is 34.5 Å². The van der Waals surface area contributed by atoms with Crippen molar-refractivity contribution in [3.8, 4) is 0 Å². The van der Waals surface area contributed by atoms with Crippen LogP contribution in [0.2, 0.25) is 0 Å². The molecular weight excluding hydrogens is 354 g/mol. The Bertz CT molecular complexity index is 1020. The van der Waals surface area contributed by atoms with Crippen LogP contribution in [0.1, 0.15) is 34.6 Å². The monoisotopic (exact) mass is 377 g/mol. The first-order valence-corrected chi connectivity index (χ1v) is 9.75. The molecule has 0 aliphatic rings. The Kier molecular flexibility index (Phi) is 4.76. The van der Waals surface area contributed by atoms with Crippen molar-refractivity contribution in [3.05, 3.63) is 53.0 Å². The van der Waals surface area contributed by atoms with Crippen molar-refractivity contribution in [2.75, 3.05) is 6.54 Å². The quantitative estimate of drug-likeness (QED) is 0.709. The van der Waals surface area contributed by atoms with E-state index in [0.29, 0.717) is 17.1 Å². The minimum Gasteiger partial charge on any atom is -0.467 e. The molecule has 0 saturated carbocycles. The molecule has 8 nitrogen and oxygen atoms in total. The first-order valence-electron chi connectivity index (χ1n) is 8.26. The Balaban J connectivity index is 1.92. The fraction of sp³-hybridized carbons (Fsp3) is 0.412. The lowest BCUT2D eigenvalue weighted by Gasteiger charge is -2.18. The maximum atomic E-state index is 12.9. The summed E-state index contributed by atoms with van der Waals surface area (Å²) in [5, 5.41) is 8.68. The van der Waals surface area contributed by atoms with Crippen LogP contribution in [0, 0.1) is 27.7 Å². The molecule has 0 spiro atoms. The van der Waals surface area contributed by atoms with E-state index in [1.165, 1.54) is 0 Å². The Morgan fingerprint density at radius 2 is 1.96 bits per heavy atom. The summed E-state index contributed by atoms with van der Waals surface area (Å²) in [6.45, 7) is 7.37. The lowest BCUT2D eigenvalue weighted by Crippen LogP contribution is -2.32. The lowest BCUT2D eigenvalue weighted by molar-refractivity contribution is 0.396. The largest absolute Gasteiger partial charge is 0.467 e. The fourth-order valence-electron chi connectivity index (χ4n) is 3.15. The zero-order chi connectivity index (χ0) is 19.1. The highest BCUT2D eigenvalue weighted by atomic mass is 32.2. The van der Waals surface area contributed by atoms with Crippen LogP contribution in [0.3, 0.4) is 0 Å². The van der Waals surface area contributed by atoms with Gasteiger partial charge in [0.2, 0.25) is 10.0 Å². The van der Waals surface area contributed by atoms with E-state index in [9.17, 15) is 8.42 Å². The molecule has 1 N–H and O–H groups in total. The minimum atomic E-state index is -3.72. The van der Waals surface area contributed by atoms with Crippen molar-refractivity contribution in [1.29, 1.82) is 0 Å². The van der Waals surface area contributed by atoms with Crippen LogP contribution in [0.4, 0.5) is 0 Å². The van der Waals surface area contributed by atoms with Gasteiger partial charge in [-0.3, -0.25) is 9.36 Å². The van der Waals surface area contributed by atoms with Gasteiger partial charge in [0, 0.05) is 19.3 Å².